The van der Waals surface area contributed by atoms with Crippen molar-refractivity contribution in [2.75, 3.05) is 30.0 Å². The molecule has 2 N–H and O–H groups in total. The number of esters is 1. The molecule has 0 saturated carbocycles. The van der Waals surface area contributed by atoms with E-state index < -0.39 is 5.97 Å². The fourth-order valence-electron chi connectivity index (χ4n) is 2.09. The molecule has 0 unspecified atom stereocenters. The van der Waals surface area contributed by atoms with Crippen LogP contribution in [0.3, 0.4) is 0 Å². The van der Waals surface area contributed by atoms with E-state index in [2.05, 4.69) is 5.32 Å². The number of hydrogen-bond acceptors (Lipinski definition) is 6. The van der Waals surface area contributed by atoms with E-state index in [9.17, 15) is 9.59 Å². The number of ether oxygens (including phenoxy) is 1. The molecule has 134 valence electrons. The lowest BCUT2D eigenvalue weighted by molar-refractivity contribution is -0.113. The quantitative estimate of drug-likeness (QED) is 0.520. The first kappa shape index (κ1) is 19.8. The van der Waals surface area contributed by atoms with E-state index >= 15 is 0 Å². The van der Waals surface area contributed by atoms with Gasteiger partial charge in [0.15, 0.2) is 0 Å². The van der Waals surface area contributed by atoms with Gasteiger partial charge in [-0.3, -0.25) is 4.79 Å². The first-order chi connectivity index (χ1) is 12.1. The van der Waals surface area contributed by atoms with Crippen molar-refractivity contribution in [3.05, 3.63) is 40.2 Å². The van der Waals surface area contributed by atoms with Crippen LogP contribution in [0.1, 0.15) is 17.3 Å². The molecule has 1 aromatic heterocycles. The highest BCUT2D eigenvalue weighted by Gasteiger charge is 2.22. The van der Waals surface area contributed by atoms with E-state index in [4.69, 9.17) is 21.4 Å². The molecule has 0 bridgehead atoms. The number of halogens is 1. The van der Waals surface area contributed by atoms with Crippen LogP contribution in [0.5, 0.6) is 0 Å². The Hall–Kier alpha value is -1.54. The highest BCUT2D eigenvalue weighted by molar-refractivity contribution is 7.99. The van der Waals surface area contributed by atoms with Gasteiger partial charge in [-0.2, -0.15) is 0 Å². The maximum absolute atomic E-state index is 12.4. The van der Waals surface area contributed by atoms with Crippen molar-refractivity contribution in [2.45, 2.75) is 6.92 Å². The number of anilines is 1. The Morgan fingerprint density at radius 1 is 1.32 bits per heavy atom. The number of benzene rings is 1. The lowest BCUT2D eigenvalue weighted by Gasteiger charge is -2.09. The molecule has 2 aromatic rings. The highest BCUT2D eigenvalue weighted by atomic mass is 35.5. The van der Waals surface area contributed by atoms with Crippen molar-refractivity contribution >= 4 is 51.6 Å². The van der Waals surface area contributed by atoms with Crippen molar-refractivity contribution in [2.24, 2.45) is 0 Å². The zero-order chi connectivity index (χ0) is 18.2. The van der Waals surface area contributed by atoms with Crippen LogP contribution in [-0.2, 0) is 9.53 Å². The van der Waals surface area contributed by atoms with Gasteiger partial charge in [-0.15, -0.1) is 23.1 Å². The van der Waals surface area contributed by atoms with E-state index in [0.717, 1.165) is 5.56 Å². The molecule has 0 saturated heterocycles. The summed E-state index contributed by atoms with van der Waals surface area (Å²) >= 11 is 8.51. The molecule has 1 heterocycles. The number of nitrogens with one attached hydrogen (secondary N) is 1. The topological polar surface area (TPSA) is 75.6 Å². The van der Waals surface area contributed by atoms with E-state index in [-0.39, 0.29) is 24.9 Å². The standard InChI is InChI=1S/C17H18ClNO4S2/c1-2-23-17(22)15-13(11-3-5-12(18)6-4-11)9-25-16(15)19-14(21)10-24-8-7-20/h3-6,9,20H,2,7-8,10H2,1H3,(H,19,21). The zero-order valence-corrected chi connectivity index (χ0v) is 16.0. The third-order valence-electron chi connectivity index (χ3n) is 3.15. The van der Waals surface area contributed by atoms with Gasteiger partial charge in [0.05, 0.1) is 19.0 Å². The van der Waals surface area contributed by atoms with Gasteiger partial charge in [-0.1, -0.05) is 23.7 Å². The van der Waals surface area contributed by atoms with Gasteiger partial charge in [0, 0.05) is 21.7 Å². The summed E-state index contributed by atoms with van der Waals surface area (Å²) in [6, 6.07) is 7.12. The fraction of sp³-hybridized carbons (Fsp3) is 0.294. The number of hydrogen-bond donors (Lipinski definition) is 2. The summed E-state index contributed by atoms with van der Waals surface area (Å²) in [6.07, 6.45) is 0. The van der Waals surface area contributed by atoms with Crippen molar-refractivity contribution in [3.8, 4) is 11.1 Å². The third kappa shape index (κ3) is 5.47. The van der Waals surface area contributed by atoms with E-state index in [1.165, 1.54) is 23.1 Å². The molecule has 1 aromatic carbocycles. The van der Waals surface area contributed by atoms with Crippen LogP contribution < -0.4 is 5.32 Å². The predicted molar refractivity (Wildman–Crippen MR) is 104 cm³/mol. The number of carbonyl (C=O) groups is 2. The summed E-state index contributed by atoms with van der Waals surface area (Å²) in [5.41, 5.74) is 1.85. The SMILES string of the molecule is CCOC(=O)c1c(-c2ccc(Cl)cc2)csc1NC(=O)CSCCO. The average Bonchev–Trinajstić information content (AvgIpc) is 2.99. The van der Waals surface area contributed by atoms with E-state index in [1.807, 2.05) is 17.5 Å². The lowest BCUT2D eigenvalue weighted by Crippen LogP contribution is -2.16. The van der Waals surface area contributed by atoms with Crippen LogP contribution in [0.4, 0.5) is 5.00 Å². The van der Waals surface area contributed by atoms with Crippen LogP contribution in [0.15, 0.2) is 29.6 Å². The Balaban J connectivity index is 2.29. The van der Waals surface area contributed by atoms with Crippen molar-refractivity contribution in [1.82, 2.24) is 0 Å². The number of aliphatic hydroxyl groups excluding tert-OH is 1. The molecule has 0 aliphatic rings. The monoisotopic (exact) mass is 399 g/mol. The summed E-state index contributed by atoms with van der Waals surface area (Å²) in [5.74, 6) is -0.0178. The third-order valence-corrected chi connectivity index (χ3v) is 5.23. The van der Waals surface area contributed by atoms with Gasteiger partial charge >= 0.3 is 5.97 Å². The Kier molecular flexibility index (Phi) is 7.77. The number of thiophene rings is 1. The maximum Gasteiger partial charge on any atom is 0.341 e. The number of amides is 1. The van der Waals surface area contributed by atoms with Crippen LogP contribution in [-0.4, -0.2) is 41.7 Å². The Bertz CT molecular complexity index is 731. The van der Waals surface area contributed by atoms with Gasteiger partial charge in [-0.25, -0.2) is 4.79 Å². The predicted octanol–water partition coefficient (Wildman–Crippen LogP) is 3.91. The van der Waals surface area contributed by atoms with Crippen molar-refractivity contribution < 1.29 is 19.4 Å². The van der Waals surface area contributed by atoms with Crippen LogP contribution >= 0.6 is 34.7 Å². The highest BCUT2D eigenvalue weighted by Crippen LogP contribution is 2.36. The van der Waals surface area contributed by atoms with Gasteiger partial charge in [0.2, 0.25) is 5.91 Å². The Morgan fingerprint density at radius 3 is 2.68 bits per heavy atom. The summed E-state index contributed by atoms with van der Waals surface area (Å²) in [7, 11) is 0. The lowest BCUT2D eigenvalue weighted by atomic mass is 10.0. The molecule has 0 aliphatic heterocycles. The summed E-state index contributed by atoms with van der Waals surface area (Å²) < 4.78 is 5.15. The summed E-state index contributed by atoms with van der Waals surface area (Å²) in [4.78, 5) is 24.4. The zero-order valence-electron chi connectivity index (χ0n) is 13.6. The van der Waals surface area contributed by atoms with Crippen LogP contribution in [0.25, 0.3) is 11.1 Å². The normalized spacial score (nSPS) is 10.5. The molecule has 0 spiro atoms. The number of thioether (sulfide) groups is 1. The molecule has 8 heteroatoms. The van der Waals surface area contributed by atoms with E-state index in [0.29, 0.717) is 26.9 Å². The van der Waals surface area contributed by atoms with Gasteiger partial charge in [0.1, 0.15) is 10.6 Å². The molecule has 1 amide bonds. The second kappa shape index (κ2) is 9.82. The fourth-order valence-corrected chi connectivity index (χ4v) is 3.72. The van der Waals surface area contributed by atoms with E-state index in [1.54, 1.807) is 19.1 Å². The molecule has 0 atom stereocenters. The smallest absolute Gasteiger partial charge is 0.341 e. The minimum Gasteiger partial charge on any atom is -0.462 e. The molecule has 0 radical (unpaired) electrons. The average molecular weight is 400 g/mol. The molecular formula is C17H18ClNO4S2. The van der Waals surface area contributed by atoms with Crippen LogP contribution in [0, 0.1) is 0 Å². The Labute approximate surface area is 159 Å². The maximum atomic E-state index is 12.4. The minimum absolute atomic E-state index is 0.0196. The molecule has 0 aliphatic carbocycles. The van der Waals surface area contributed by atoms with Gasteiger partial charge in [0.25, 0.3) is 0 Å². The molecule has 2 rings (SSSR count). The number of aliphatic hydroxyl groups is 1. The first-order valence-corrected chi connectivity index (χ1v) is 10.0. The summed E-state index contributed by atoms with van der Waals surface area (Å²) in [5, 5.41) is 14.4. The second-order valence-corrected chi connectivity index (χ2v) is 7.33. The number of carbonyl (C=O) groups excluding carboxylic acids is 2. The molecular weight excluding hydrogens is 382 g/mol. The molecule has 25 heavy (non-hydrogen) atoms. The largest absolute Gasteiger partial charge is 0.462 e. The number of rotatable bonds is 8. The Morgan fingerprint density at radius 2 is 2.04 bits per heavy atom. The molecule has 0 fully saturated rings. The van der Waals surface area contributed by atoms with Gasteiger partial charge in [-0.05, 0) is 24.6 Å². The van der Waals surface area contributed by atoms with Crippen molar-refractivity contribution in [3.63, 3.8) is 0 Å². The van der Waals surface area contributed by atoms with Gasteiger partial charge < -0.3 is 15.2 Å². The molecule has 5 nitrogen and oxygen atoms in total. The summed E-state index contributed by atoms with van der Waals surface area (Å²) in [6.45, 7) is 2.00. The second-order valence-electron chi connectivity index (χ2n) is 4.91. The first-order valence-electron chi connectivity index (χ1n) is 7.59. The van der Waals surface area contributed by atoms with Crippen LogP contribution in [0.2, 0.25) is 5.02 Å². The minimum atomic E-state index is -0.480. The van der Waals surface area contributed by atoms with Crippen molar-refractivity contribution in [1.29, 1.82) is 0 Å².